The van der Waals surface area contributed by atoms with Gasteiger partial charge in [0.1, 0.15) is 0 Å². The van der Waals surface area contributed by atoms with Crippen molar-refractivity contribution < 1.29 is 5.11 Å². The monoisotopic (exact) mass is 213 g/mol. The lowest BCUT2D eigenvalue weighted by atomic mass is 9.80. The van der Waals surface area contributed by atoms with E-state index in [4.69, 9.17) is 0 Å². The van der Waals surface area contributed by atoms with Gasteiger partial charge in [-0.1, -0.05) is 26.7 Å². The first-order valence-electron chi connectivity index (χ1n) is 6.48. The van der Waals surface area contributed by atoms with E-state index in [0.29, 0.717) is 6.04 Å². The summed E-state index contributed by atoms with van der Waals surface area (Å²) >= 11 is 0. The maximum atomic E-state index is 9.91. The minimum atomic E-state index is -0.369. The Morgan fingerprint density at radius 1 is 1.20 bits per heavy atom. The van der Waals surface area contributed by atoms with Crippen LogP contribution >= 0.6 is 0 Å². The molecule has 90 valence electrons. The minimum absolute atomic E-state index is 0.369. The quantitative estimate of drug-likeness (QED) is 0.681. The summed E-state index contributed by atoms with van der Waals surface area (Å²) in [5, 5.41) is 13.4. The van der Waals surface area contributed by atoms with Gasteiger partial charge < -0.3 is 10.4 Å². The Morgan fingerprint density at radius 2 is 1.87 bits per heavy atom. The highest BCUT2D eigenvalue weighted by atomic mass is 16.3. The van der Waals surface area contributed by atoms with Gasteiger partial charge in [0.15, 0.2) is 0 Å². The number of nitrogens with one attached hydrogen (secondary N) is 1. The van der Waals surface area contributed by atoms with Gasteiger partial charge in [-0.2, -0.15) is 0 Å². The summed E-state index contributed by atoms with van der Waals surface area (Å²) in [6, 6.07) is 0.549. The zero-order chi connectivity index (χ0) is 11.3. The summed E-state index contributed by atoms with van der Waals surface area (Å²) in [5.74, 6) is 0.813. The van der Waals surface area contributed by atoms with E-state index in [0.717, 1.165) is 25.3 Å². The van der Waals surface area contributed by atoms with E-state index in [1.165, 1.54) is 25.7 Å². The lowest BCUT2D eigenvalue weighted by Crippen LogP contribution is -2.48. The smallest absolute Gasteiger partial charge is 0.0771 e. The van der Waals surface area contributed by atoms with Crippen molar-refractivity contribution >= 4 is 0 Å². The van der Waals surface area contributed by atoms with Crippen LogP contribution in [0, 0.1) is 5.92 Å². The summed E-state index contributed by atoms with van der Waals surface area (Å²) in [6.45, 7) is 7.56. The molecule has 15 heavy (non-hydrogen) atoms. The summed E-state index contributed by atoms with van der Waals surface area (Å²) < 4.78 is 0. The Balaban J connectivity index is 2.00. The first-order chi connectivity index (χ1) is 7.02. The molecule has 0 radical (unpaired) electrons. The molecule has 0 heterocycles. The lowest BCUT2D eigenvalue weighted by Gasteiger charge is -2.37. The average Bonchev–Trinajstić information content (AvgIpc) is 2.11. The fourth-order valence-electron chi connectivity index (χ4n) is 2.06. The van der Waals surface area contributed by atoms with Crippen LogP contribution < -0.4 is 5.32 Å². The van der Waals surface area contributed by atoms with Crippen LogP contribution in [0.25, 0.3) is 0 Å². The van der Waals surface area contributed by atoms with Crippen molar-refractivity contribution in [2.75, 3.05) is 6.54 Å². The maximum Gasteiger partial charge on any atom is 0.0771 e. The van der Waals surface area contributed by atoms with Crippen LogP contribution in [0.3, 0.4) is 0 Å². The number of rotatable bonds is 7. The summed E-state index contributed by atoms with van der Waals surface area (Å²) in [7, 11) is 0. The highest BCUT2D eigenvalue weighted by molar-refractivity contribution is 4.90. The van der Waals surface area contributed by atoms with Crippen LogP contribution in [-0.4, -0.2) is 23.3 Å². The highest BCUT2D eigenvalue weighted by Crippen LogP contribution is 2.30. The molecule has 0 aromatic rings. The molecule has 0 bridgehead atoms. The van der Waals surface area contributed by atoms with Crippen molar-refractivity contribution in [3.8, 4) is 0 Å². The molecule has 1 aliphatic rings. The number of aliphatic hydroxyl groups is 1. The third-order valence-corrected chi connectivity index (χ3v) is 3.48. The normalized spacial score (nSPS) is 21.4. The van der Waals surface area contributed by atoms with Gasteiger partial charge in [0, 0.05) is 12.6 Å². The van der Waals surface area contributed by atoms with E-state index < -0.39 is 0 Å². The molecule has 1 atom stereocenters. The molecule has 0 aliphatic heterocycles. The molecule has 2 heteroatoms. The summed E-state index contributed by atoms with van der Waals surface area (Å²) in [5.41, 5.74) is -0.369. The second-order valence-electron chi connectivity index (χ2n) is 5.68. The van der Waals surface area contributed by atoms with Gasteiger partial charge in [-0.25, -0.2) is 0 Å². The Morgan fingerprint density at radius 3 is 2.33 bits per heavy atom. The standard InChI is InChI=1S/C13H27NO/c1-11(2)6-4-7-12(3)14-10-13(15)8-5-9-13/h11-12,14-15H,4-10H2,1-3H3. The predicted octanol–water partition coefficient (Wildman–Crippen LogP) is 2.71. The number of hydrogen-bond acceptors (Lipinski definition) is 2. The maximum absolute atomic E-state index is 9.91. The molecule has 0 aromatic heterocycles. The molecule has 1 aliphatic carbocycles. The van der Waals surface area contributed by atoms with Gasteiger partial charge in [-0.3, -0.25) is 0 Å². The third kappa shape index (κ3) is 4.98. The molecule has 2 nitrogen and oxygen atoms in total. The van der Waals surface area contributed by atoms with E-state index in [-0.39, 0.29) is 5.60 Å². The summed E-state index contributed by atoms with van der Waals surface area (Å²) in [4.78, 5) is 0. The third-order valence-electron chi connectivity index (χ3n) is 3.48. The van der Waals surface area contributed by atoms with E-state index >= 15 is 0 Å². The lowest BCUT2D eigenvalue weighted by molar-refractivity contribution is -0.0330. The van der Waals surface area contributed by atoms with E-state index in [2.05, 4.69) is 26.1 Å². The van der Waals surface area contributed by atoms with Gasteiger partial charge in [0.2, 0.25) is 0 Å². The highest BCUT2D eigenvalue weighted by Gasteiger charge is 2.33. The van der Waals surface area contributed by atoms with Crippen LogP contribution in [0.4, 0.5) is 0 Å². The fourth-order valence-corrected chi connectivity index (χ4v) is 2.06. The first kappa shape index (κ1) is 13.0. The van der Waals surface area contributed by atoms with Gasteiger partial charge in [-0.05, 0) is 38.5 Å². The Labute approximate surface area is 94.5 Å². The zero-order valence-corrected chi connectivity index (χ0v) is 10.6. The molecule has 0 amide bonds. The van der Waals surface area contributed by atoms with E-state index in [1.807, 2.05) is 0 Å². The molecule has 1 unspecified atom stereocenters. The zero-order valence-electron chi connectivity index (χ0n) is 10.6. The van der Waals surface area contributed by atoms with Crippen LogP contribution in [-0.2, 0) is 0 Å². The molecule has 0 saturated heterocycles. The van der Waals surface area contributed by atoms with Crippen molar-refractivity contribution in [2.45, 2.75) is 70.9 Å². The predicted molar refractivity (Wildman–Crippen MR) is 65.0 cm³/mol. The molecule has 1 fully saturated rings. The topological polar surface area (TPSA) is 32.3 Å². The second-order valence-corrected chi connectivity index (χ2v) is 5.68. The van der Waals surface area contributed by atoms with Gasteiger partial charge in [-0.15, -0.1) is 0 Å². The van der Waals surface area contributed by atoms with Crippen molar-refractivity contribution in [2.24, 2.45) is 5.92 Å². The van der Waals surface area contributed by atoms with Gasteiger partial charge in [0.05, 0.1) is 5.60 Å². The van der Waals surface area contributed by atoms with Crippen molar-refractivity contribution in [1.82, 2.24) is 5.32 Å². The van der Waals surface area contributed by atoms with E-state index in [1.54, 1.807) is 0 Å². The van der Waals surface area contributed by atoms with Gasteiger partial charge >= 0.3 is 0 Å². The molecule has 1 rings (SSSR count). The average molecular weight is 213 g/mol. The van der Waals surface area contributed by atoms with Crippen molar-refractivity contribution in [3.63, 3.8) is 0 Å². The molecule has 0 aromatic carbocycles. The van der Waals surface area contributed by atoms with Crippen LogP contribution in [0.1, 0.15) is 59.3 Å². The van der Waals surface area contributed by atoms with Crippen molar-refractivity contribution in [1.29, 1.82) is 0 Å². The molecule has 2 N–H and O–H groups in total. The molecule has 1 saturated carbocycles. The first-order valence-corrected chi connectivity index (χ1v) is 6.48. The Kier molecular flexibility index (Phi) is 5.07. The Hall–Kier alpha value is -0.0800. The Bertz CT molecular complexity index is 175. The van der Waals surface area contributed by atoms with E-state index in [9.17, 15) is 5.11 Å². The van der Waals surface area contributed by atoms with Crippen LogP contribution in [0.5, 0.6) is 0 Å². The van der Waals surface area contributed by atoms with Crippen LogP contribution in [0.15, 0.2) is 0 Å². The minimum Gasteiger partial charge on any atom is -0.389 e. The fraction of sp³-hybridized carbons (Fsp3) is 1.00. The largest absolute Gasteiger partial charge is 0.389 e. The van der Waals surface area contributed by atoms with Gasteiger partial charge in [0.25, 0.3) is 0 Å². The molecular formula is C13H27NO. The van der Waals surface area contributed by atoms with Crippen LogP contribution in [0.2, 0.25) is 0 Å². The SMILES string of the molecule is CC(C)CCCC(C)NCC1(O)CCC1. The molecular weight excluding hydrogens is 186 g/mol. The number of hydrogen-bond donors (Lipinski definition) is 2. The second kappa shape index (κ2) is 5.86. The molecule has 0 spiro atoms. The van der Waals surface area contributed by atoms with Crippen molar-refractivity contribution in [3.05, 3.63) is 0 Å². The summed E-state index contributed by atoms with van der Waals surface area (Å²) in [6.07, 6.45) is 7.01.